The highest BCUT2D eigenvalue weighted by Crippen LogP contribution is 2.20. The standard InChI is InChI=1S/C16H20N2O5/c1-22-14(19)10-23-13-4-2-3-12(9-13)16(21)18-7-5-11(6-8-18)15(17)20/h2-4,9,11H,5-8,10H2,1H3,(H2,17,20). The van der Waals surface area contributed by atoms with Gasteiger partial charge in [-0.15, -0.1) is 0 Å². The van der Waals surface area contributed by atoms with Gasteiger partial charge >= 0.3 is 5.97 Å². The van der Waals surface area contributed by atoms with Crippen LogP contribution in [-0.4, -0.2) is 49.5 Å². The third-order valence-corrected chi connectivity index (χ3v) is 3.85. The molecular formula is C16H20N2O5. The SMILES string of the molecule is COC(=O)COc1cccc(C(=O)N2CCC(C(N)=O)CC2)c1. The van der Waals surface area contributed by atoms with Crippen molar-refractivity contribution in [2.45, 2.75) is 12.8 Å². The predicted molar refractivity (Wildman–Crippen MR) is 81.8 cm³/mol. The van der Waals surface area contributed by atoms with Crippen molar-refractivity contribution in [3.63, 3.8) is 0 Å². The molecule has 0 bridgehead atoms. The molecule has 0 radical (unpaired) electrons. The van der Waals surface area contributed by atoms with Crippen molar-refractivity contribution in [3.05, 3.63) is 29.8 Å². The first-order chi connectivity index (χ1) is 11.0. The lowest BCUT2D eigenvalue weighted by molar-refractivity contribution is -0.142. The van der Waals surface area contributed by atoms with E-state index in [1.54, 1.807) is 29.2 Å². The lowest BCUT2D eigenvalue weighted by Gasteiger charge is -2.30. The van der Waals surface area contributed by atoms with Gasteiger partial charge in [0.2, 0.25) is 5.91 Å². The summed E-state index contributed by atoms with van der Waals surface area (Å²) < 4.78 is 9.78. The van der Waals surface area contributed by atoms with Gasteiger partial charge in [0, 0.05) is 24.6 Å². The van der Waals surface area contributed by atoms with Crippen molar-refractivity contribution in [2.24, 2.45) is 11.7 Å². The number of nitrogens with zero attached hydrogens (tertiary/aromatic N) is 1. The molecule has 1 aliphatic rings. The summed E-state index contributed by atoms with van der Waals surface area (Å²) in [6.45, 7) is 0.789. The maximum Gasteiger partial charge on any atom is 0.343 e. The van der Waals surface area contributed by atoms with Crippen LogP contribution in [0.1, 0.15) is 23.2 Å². The van der Waals surface area contributed by atoms with E-state index in [0.29, 0.717) is 37.2 Å². The van der Waals surface area contributed by atoms with E-state index in [0.717, 1.165) is 0 Å². The van der Waals surface area contributed by atoms with Crippen LogP contribution in [0, 0.1) is 5.92 Å². The number of rotatable bonds is 5. The van der Waals surface area contributed by atoms with Crippen LogP contribution in [0.2, 0.25) is 0 Å². The van der Waals surface area contributed by atoms with Gasteiger partial charge in [-0.1, -0.05) is 6.07 Å². The summed E-state index contributed by atoms with van der Waals surface area (Å²) in [6, 6.07) is 6.63. The molecule has 0 unspecified atom stereocenters. The first-order valence-corrected chi connectivity index (χ1v) is 7.39. The summed E-state index contributed by atoms with van der Waals surface area (Å²) in [5.41, 5.74) is 5.77. The summed E-state index contributed by atoms with van der Waals surface area (Å²) >= 11 is 0. The van der Waals surface area contributed by atoms with Crippen molar-refractivity contribution < 1.29 is 23.9 Å². The highest BCUT2D eigenvalue weighted by Gasteiger charge is 2.26. The Morgan fingerprint density at radius 2 is 1.96 bits per heavy atom. The average Bonchev–Trinajstić information content (AvgIpc) is 2.59. The average molecular weight is 320 g/mol. The molecule has 7 nitrogen and oxygen atoms in total. The van der Waals surface area contributed by atoms with Crippen molar-refractivity contribution in [1.29, 1.82) is 0 Å². The minimum Gasteiger partial charge on any atom is -0.482 e. The second kappa shape index (κ2) is 7.62. The molecule has 23 heavy (non-hydrogen) atoms. The van der Waals surface area contributed by atoms with Gasteiger partial charge in [-0.05, 0) is 31.0 Å². The molecule has 0 aliphatic carbocycles. The highest BCUT2D eigenvalue weighted by atomic mass is 16.6. The van der Waals surface area contributed by atoms with Gasteiger partial charge in [-0.2, -0.15) is 0 Å². The van der Waals surface area contributed by atoms with Gasteiger partial charge in [-0.3, -0.25) is 9.59 Å². The van der Waals surface area contributed by atoms with Crippen LogP contribution in [-0.2, 0) is 14.3 Å². The second-order valence-corrected chi connectivity index (χ2v) is 5.36. The van der Waals surface area contributed by atoms with E-state index in [4.69, 9.17) is 10.5 Å². The molecule has 124 valence electrons. The fourth-order valence-corrected chi connectivity index (χ4v) is 2.47. The number of benzene rings is 1. The van der Waals surface area contributed by atoms with Crippen LogP contribution in [0.5, 0.6) is 5.75 Å². The number of hydrogen-bond acceptors (Lipinski definition) is 5. The molecule has 1 fully saturated rings. The Bertz CT molecular complexity index is 594. The molecule has 1 aromatic rings. The molecule has 0 aromatic heterocycles. The van der Waals surface area contributed by atoms with E-state index in [9.17, 15) is 14.4 Å². The summed E-state index contributed by atoms with van der Waals surface area (Å²) in [4.78, 5) is 36.4. The number of nitrogens with two attached hydrogens (primary N) is 1. The van der Waals surface area contributed by atoms with E-state index in [1.165, 1.54) is 7.11 Å². The number of methoxy groups -OCH3 is 1. The number of primary amides is 1. The molecule has 0 saturated carbocycles. The maximum atomic E-state index is 12.5. The smallest absolute Gasteiger partial charge is 0.343 e. The van der Waals surface area contributed by atoms with Crippen LogP contribution in [0.25, 0.3) is 0 Å². The molecule has 2 amide bonds. The molecule has 2 N–H and O–H groups in total. The number of ether oxygens (including phenoxy) is 2. The molecule has 0 atom stereocenters. The number of piperidine rings is 1. The number of hydrogen-bond donors (Lipinski definition) is 1. The molecule has 2 rings (SSSR count). The Morgan fingerprint density at radius 1 is 1.26 bits per heavy atom. The Morgan fingerprint density at radius 3 is 2.57 bits per heavy atom. The largest absolute Gasteiger partial charge is 0.482 e. The van der Waals surface area contributed by atoms with Crippen molar-refractivity contribution in [3.8, 4) is 5.75 Å². The third-order valence-electron chi connectivity index (χ3n) is 3.85. The molecule has 1 heterocycles. The summed E-state index contributed by atoms with van der Waals surface area (Å²) in [7, 11) is 1.28. The topological polar surface area (TPSA) is 98.9 Å². The first-order valence-electron chi connectivity index (χ1n) is 7.39. The molecule has 1 aromatic carbocycles. The van der Waals surface area contributed by atoms with E-state index in [2.05, 4.69) is 4.74 Å². The summed E-state index contributed by atoms with van der Waals surface area (Å²) in [5.74, 6) is -0.663. The van der Waals surface area contributed by atoms with E-state index < -0.39 is 5.97 Å². The van der Waals surface area contributed by atoms with E-state index in [1.807, 2.05) is 0 Å². The van der Waals surface area contributed by atoms with Crippen LogP contribution in [0.3, 0.4) is 0 Å². The lowest BCUT2D eigenvalue weighted by Crippen LogP contribution is -2.41. The number of carbonyl (C=O) groups is 3. The number of amides is 2. The van der Waals surface area contributed by atoms with Gasteiger partial charge in [0.15, 0.2) is 6.61 Å². The monoisotopic (exact) mass is 320 g/mol. The van der Waals surface area contributed by atoms with E-state index in [-0.39, 0.29) is 24.3 Å². The molecular weight excluding hydrogens is 300 g/mol. The summed E-state index contributed by atoms with van der Waals surface area (Å²) in [5, 5.41) is 0. The molecule has 0 spiro atoms. The Hall–Kier alpha value is -2.57. The Labute approximate surface area is 134 Å². The number of carbonyl (C=O) groups excluding carboxylic acids is 3. The van der Waals surface area contributed by atoms with Gasteiger partial charge in [0.05, 0.1) is 7.11 Å². The van der Waals surface area contributed by atoms with Crippen molar-refractivity contribution in [2.75, 3.05) is 26.8 Å². The minimum absolute atomic E-state index is 0.128. The molecule has 1 saturated heterocycles. The first kappa shape index (κ1) is 16.8. The Kier molecular flexibility index (Phi) is 5.56. The number of esters is 1. The zero-order valence-corrected chi connectivity index (χ0v) is 13.0. The van der Waals surface area contributed by atoms with E-state index >= 15 is 0 Å². The normalized spacial score (nSPS) is 15.1. The van der Waals surface area contributed by atoms with Crippen LogP contribution < -0.4 is 10.5 Å². The summed E-state index contributed by atoms with van der Waals surface area (Å²) in [6.07, 6.45) is 1.17. The van der Waals surface area contributed by atoms with Crippen LogP contribution in [0.15, 0.2) is 24.3 Å². The molecule has 7 heteroatoms. The fraction of sp³-hybridized carbons (Fsp3) is 0.438. The minimum atomic E-state index is -0.491. The maximum absolute atomic E-state index is 12.5. The van der Waals surface area contributed by atoms with Gasteiger partial charge < -0.3 is 20.1 Å². The zero-order chi connectivity index (χ0) is 16.8. The zero-order valence-electron chi connectivity index (χ0n) is 13.0. The van der Waals surface area contributed by atoms with Crippen LogP contribution in [0.4, 0.5) is 0 Å². The van der Waals surface area contributed by atoms with Gasteiger partial charge in [0.25, 0.3) is 5.91 Å². The number of likely N-dealkylation sites (tertiary alicyclic amines) is 1. The molecule has 1 aliphatic heterocycles. The second-order valence-electron chi connectivity index (χ2n) is 5.36. The lowest BCUT2D eigenvalue weighted by atomic mass is 9.96. The van der Waals surface area contributed by atoms with Gasteiger partial charge in [0.1, 0.15) is 5.75 Å². The highest BCUT2D eigenvalue weighted by molar-refractivity contribution is 5.94. The van der Waals surface area contributed by atoms with Crippen LogP contribution >= 0.6 is 0 Å². The van der Waals surface area contributed by atoms with Gasteiger partial charge in [-0.25, -0.2) is 4.79 Å². The Balaban J connectivity index is 1.97. The van der Waals surface area contributed by atoms with Crippen molar-refractivity contribution in [1.82, 2.24) is 4.90 Å². The fourth-order valence-electron chi connectivity index (χ4n) is 2.47. The third kappa shape index (κ3) is 4.45. The predicted octanol–water partition coefficient (Wildman–Crippen LogP) is 0.576. The quantitative estimate of drug-likeness (QED) is 0.800. The van der Waals surface area contributed by atoms with Crippen molar-refractivity contribution >= 4 is 17.8 Å².